The van der Waals surface area contributed by atoms with Crippen molar-refractivity contribution in [2.45, 2.75) is 37.7 Å². The number of hydrogen-bond donors (Lipinski definition) is 1. The average molecular weight is 491 g/mol. The van der Waals surface area contributed by atoms with Crippen molar-refractivity contribution in [3.8, 4) is 0 Å². The van der Waals surface area contributed by atoms with E-state index in [9.17, 15) is 8.42 Å². The molecule has 5 rings (SSSR count). The van der Waals surface area contributed by atoms with E-state index in [-0.39, 0.29) is 0 Å². The summed E-state index contributed by atoms with van der Waals surface area (Å²) in [6, 6.07) is 4.02. The van der Waals surface area contributed by atoms with Crippen molar-refractivity contribution in [1.29, 1.82) is 0 Å². The maximum Gasteiger partial charge on any atom is 0.246 e. The molecule has 3 saturated heterocycles. The van der Waals surface area contributed by atoms with Gasteiger partial charge >= 0.3 is 0 Å². The highest BCUT2D eigenvalue weighted by molar-refractivity contribution is 7.89. The van der Waals surface area contributed by atoms with Gasteiger partial charge in [-0.2, -0.15) is 9.40 Å². The Bertz CT molecular complexity index is 1050. The Hall–Kier alpha value is -2.28. The van der Waals surface area contributed by atoms with Crippen LogP contribution in [0, 0.1) is 13.8 Å². The molecular formula is C22H34N8O3S. The van der Waals surface area contributed by atoms with Crippen molar-refractivity contribution >= 4 is 21.7 Å². The SMILES string of the molecule is Cc1n[nH]c(C)c1S(=O)(=O)N1CCN(c2ccc(N3CCN(CC4CCCO4)CC3)nn2)CC1. The first-order chi connectivity index (χ1) is 16.4. The second-order valence-corrected chi connectivity index (χ2v) is 11.2. The fourth-order valence-corrected chi connectivity index (χ4v) is 6.85. The average Bonchev–Trinajstić information content (AvgIpc) is 3.49. The lowest BCUT2D eigenvalue weighted by Gasteiger charge is -2.36. The third-order valence-corrected chi connectivity index (χ3v) is 9.20. The molecule has 0 radical (unpaired) electrons. The number of aryl methyl sites for hydroxylation is 2. The van der Waals surface area contributed by atoms with Gasteiger partial charge in [0, 0.05) is 65.5 Å². The van der Waals surface area contributed by atoms with Crippen LogP contribution in [0.5, 0.6) is 0 Å². The minimum atomic E-state index is -3.56. The number of aromatic amines is 1. The number of nitrogens with one attached hydrogen (secondary N) is 1. The summed E-state index contributed by atoms with van der Waals surface area (Å²) in [6.07, 6.45) is 2.76. The number of hydrogen-bond acceptors (Lipinski definition) is 9. The maximum atomic E-state index is 13.1. The van der Waals surface area contributed by atoms with Crippen LogP contribution in [0.3, 0.4) is 0 Å². The van der Waals surface area contributed by atoms with E-state index in [2.05, 4.69) is 35.1 Å². The molecule has 0 saturated carbocycles. The first-order valence-electron chi connectivity index (χ1n) is 12.1. The van der Waals surface area contributed by atoms with Crippen molar-refractivity contribution in [1.82, 2.24) is 29.6 Å². The number of aromatic nitrogens is 4. The van der Waals surface area contributed by atoms with Crippen LogP contribution in [0.25, 0.3) is 0 Å². The summed E-state index contributed by atoms with van der Waals surface area (Å²) < 4.78 is 33.5. The van der Waals surface area contributed by atoms with Gasteiger partial charge in [-0.05, 0) is 38.8 Å². The first-order valence-corrected chi connectivity index (χ1v) is 13.5. The lowest BCUT2D eigenvalue weighted by Crippen LogP contribution is -2.49. The van der Waals surface area contributed by atoms with Gasteiger partial charge in [-0.3, -0.25) is 10.00 Å². The molecule has 11 nitrogen and oxygen atoms in total. The van der Waals surface area contributed by atoms with E-state index in [0.717, 1.165) is 51.0 Å². The number of rotatable bonds is 6. The van der Waals surface area contributed by atoms with Crippen LogP contribution in [0.4, 0.5) is 11.6 Å². The summed E-state index contributed by atoms with van der Waals surface area (Å²) in [5.74, 6) is 1.68. The van der Waals surface area contributed by atoms with Crippen molar-refractivity contribution in [3.05, 3.63) is 23.5 Å². The fraction of sp³-hybridized carbons (Fsp3) is 0.682. The third-order valence-electron chi connectivity index (χ3n) is 7.04. The molecule has 12 heteroatoms. The zero-order valence-corrected chi connectivity index (χ0v) is 20.8. The van der Waals surface area contributed by atoms with E-state index >= 15 is 0 Å². The molecule has 5 heterocycles. The van der Waals surface area contributed by atoms with Gasteiger partial charge < -0.3 is 14.5 Å². The smallest absolute Gasteiger partial charge is 0.246 e. The molecule has 3 aliphatic heterocycles. The van der Waals surface area contributed by atoms with Gasteiger partial charge in [0.15, 0.2) is 11.6 Å². The minimum absolute atomic E-state index is 0.293. The number of H-pyrrole nitrogens is 1. The highest BCUT2D eigenvalue weighted by Gasteiger charge is 2.32. The molecule has 34 heavy (non-hydrogen) atoms. The molecule has 1 atom stereocenters. The van der Waals surface area contributed by atoms with Crippen LogP contribution in [0.2, 0.25) is 0 Å². The molecule has 1 N–H and O–H groups in total. The van der Waals surface area contributed by atoms with Crippen molar-refractivity contribution in [3.63, 3.8) is 0 Å². The Balaban J connectivity index is 1.14. The van der Waals surface area contributed by atoms with E-state index in [1.54, 1.807) is 13.8 Å². The lowest BCUT2D eigenvalue weighted by molar-refractivity contribution is 0.0712. The highest BCUT2D eigenvalue weighted by Crippen LogP contribution is 2.24. The van der Waals surface area contributed by atoms with E-state index < -0.39 is 10.0 Å². The summed E-state index contributed by atoms with van der Waals surface area (Å²) >= 11 is 0. The normalized spacial score (nSPS) is 23.1. The molecule has 2 aromatic rings. The van der Waals surface area contributed by atoms with Crippen molar-refractivity contribution in [2.24, 2.45) is 0 Å². The Labute approximate surface area is 201 Å². The van der Waals surface area contributed by atoms with E-state index in [0.29, 0.717) is 48.6 Å². The van der Waals surface area contributed by atoms with Gasteiger partial charge in [0.05, 0.1) is 17.5 Å². The number of nitrogens with zero attached hydrogens (tertiary/aromatic N) is 7. The van der Waals surface area contributed by atoms with Gasteiger partial charge in [-0.25, -0.2) is 8.42 Å². The lowest BCUT2D eigenvalue weighted by atomic mass is 10.2. The number of piperazine rings is 2. The molecule has 0 aliphatic carbocycles. The van der Waals surface area contributed by atoms with Crippen LogP contribution < -0.4 is 9.80 Å². The summed E-state index contributed by atoms with van der Waals surface area (Å²) in [7, 11) is -3.56. The molecule has 3 fully saturated rings. The zero-order valence-electron chi connectivity index (χ0n) is 20.0. The Morgan fingerprint density at radius 2 is 1.59 bits per heavy atom. The summed E-state index contributed by atoms with van der Waals surface area (Å²) in [5, 5.41) is 15.8. The monoisotopic (exact) mass is 490 g/mol. The topological polar surface area (TPSA) is 111 Å². The van der Waals surface area contributed by atoms with E-state index in [4.69, 9.17) is 4.74 Å². The third kappa shape index (κ3) is 4.77. The number of sulfonamides is 1. The molecule has 3 aliphatic rings. The molecule has 2 aromatic heterocycles. The van der Waals surface area contributed by atoms with Gasteiger partial charge in [0.2, 0.25) is 10.0 Å². The van der Waals surface area contributed by atoms with Crippen LogP contribution >= 0.6 is 0 Å². The molecule has 0 amide bonds. The van der Waals surface area contributed by atoms with Crippen LogP contribution in [-0.2, 0) is 14.8 Å². The summed E-state index contributed by atoms with van der Waals surface area (Å²) in [4.78, 5) is 7.15. The molecule has 0 aromatic carbocycles. The standard InChI is InChI=1S/C22H34N8O3S/c1-17-22(18(2)24-23-17)34(31,32)30-13-11-29(12-14-30)21-6-5-20(25-26-21)28-9-7-27(8-10-28)16-19-4-3-15-33-19/h5-6,19H,3-4,7-16H2,1-2H3,(H,23,24). The van der Waals surface area contributed by atoms with Gasteiger partial charge in [-0.1, -0.05) is 0 Å². The van der Waals surface area contributed by atoms with Crippen LogP contribution in [0.1, 0.15) is 24.2 Å². The highest BCUT2D eigenvalue weighted by atomic mass is 32.2. The predicted octanol–water partition coefficient (Wildman–Crippen LogP) is 0.628. The summed E-state index contributed by atoms with van der Waals surface area (Å²) in [5.41, 5.74) is 1.09. The van der Waals surface area contributed by atoms with Gasteiger partial charge in [0.1, 0.15) is 4.90 Å². The van der Waals surface area contributed by atoms with E-state index in [1.165, 1.54) is 17.1 Å². The number of anilines is 2. The quantitative estimate of drug-likeness (QED) is 0.623. The van der Waals surface area contributed by atoms with Gasteiger partial charge in [0.25, 0.3) is 0 Å². The zero-order chi connectivity index (χ0) is 23.7. The predicted molar refractivity (Wildman–Crippen MR) is 129 cm³/mol. The van der Waals surface area contributed by atoms with Crippen molar-refractivity contribution < 1.29 is 13.2 Å². The molecule has 0 spiro atoms. The molecule has 186 valence electrons. The van der Waals surface area contributed by atoms with Crippen LogP contribution in [-0.4, -0.2) is 110 Å². The van der Waals surface area contributed by atoms with Crippen molar-refractivity contribution in [2.75, 3.05) is 75.3 Å². The number of ether oxygens (including phenoxy) is 1. The maximum absolute atomic E-state index is 13.1. The van der Waals surface area contributed by atoms with Crippen LogP contribution in [0.15, 0.2) is 17.0 Å². The molecule has 0 bridgehead atoms. The van der Waals surface area contributed by atoms with Gasteiger partial charge in [-0.15, -0.1) is 10.2 Å². The Morgan fingerprint density at radius 1 is 0.971 bits per heavy atom. The second kappa shape index (κ2) is 9.76. The largest absolute Gasteiger partial charge is 0.377 e. The fourth-order valence-electron chi connectivity index (χ4n) is 5.10. The van der Waals surface area contributed by atoms with E-state index in [1.807, 2.05) is 12.1 Å². The first kappa shape index (κ1) is 23.5. The molecule has 1 unspecified atom stereocenters. The Morgan fingerprint density at radius 3 is 2.09 bits per heavy atom. The Kier molecular flexibility index (Phi) is 6.74. The minimum Gasteiger partial charge on any atom is -0.377 e. The summed E-state index contributed by atoms with van der Waals surface area (Å²) in [6.45, 7) is 11.2. The molecular weight excluding hydrogens is 456 g/mol. The second-order valence-electron chi connectivity index (χ2n) is 9.33.